The summed E-state index contributed by atoms with van der Waals surface area (Å²) in [4.78, 5) is 13.4. The van der Waals surface area contributed by atoms with Gasteiger partial charge in [-0.2, -0.15) is 0 Å². The number of alkyl halides is 1. The Hall–Kier alpha value is -1.46. The fourth-order valence-electron chi connectivity index (χ4n) is 1.85. The second kappa shape index (κ2) is 6.32. The number of carbonyl (C=O) groups excluding carboxylic acids is 1. The van der Waals surface area contributed by atoms with Crippen molar-refractivity contribution < 1.29 is 4.79 Å². The minimum Gasteiger partial charge on any atom is -0.299 e. The number of hydrogen-bond acceptors (Lipinski definition) is 1. The van der Waals surface area contributed by atoms with Crippen LogP contribution in [-0.2, 0) is 11.2 Å². The molecule has 3 heteroatoms. The van der Waals surface area contributed by atoms with Crippen molar-refractivity contribution in [1.29, 1.82) is 0 Å². The number of aryl methyl sites for hydroxylation is 2. The number of halogens is 1. The number of nitrogens with zero attached hydrogens (tertiary/aromatic N) is 1. The molecule has 1 aromatic rings. The Morgan fingerprint density at radius 1 is 1.53 bits per heavy atom. The molecule has 17 heavy (non-hydrogen) atoms. The number of hydrogen-bond donors (Lipinski definition) is 0. The van der Waals surface area contributed by atoms with E-state index in [1.165, 1.54) is 0 Å². The van der Waals surface area contributed by atoms with Crippen molar-refractivity contribution in [1.82, 2.24) is 0 Å². The molecular weight excluding hydrogens is 234 g/mol. The van der Waals surface area contributed by atoms with E-state index in [0.717, 1.165) is 23.2 Å². The highest BCUT2D eigenvalue weighted by atomic mass is 35.5. The highest BCUT2D eigenvalue weighted by Gasteiger charge is 2.18. The lowest BCUT2D eigenvalue weighted by Crippen LogP contribution is -2.33. The largest absolute Gasteiger partial charge is 0.299 e. The van der Waals surface area contributed by atoms with Crippen LogP contribution in [0.1, 0.15) is 18.1 Å². The Morgan fingerprint density at radius 2 is 2.24 bits per heavy atom. The van der Waals surface area contributed by atoms with Gasteiger partial charge in [0.05, 0.1) is 12.2 Å². The SMILES string of the molecule is C#CCN(C(=O)CCl)c1c(C)cccc1CC. The van der Waals surface area contributed by atoms with E-state index >= 15 is 0 Å². The standard InChI is InChI=1S/C14H16ClNO/c1-4-9-16(13(17)10-15)14-11(3)7-6-8-12(14)5-2/h1,6-8H,5,9-10H2,2-3H3. The van der Waals surface area contributed by atoms with Gasteiger partial charge in [0.2, 0.25) is 5.91 Å². The van der Waals surface area contributed by atoms with Gasteiger partial charge in [-0.05, 0) is 24.5 Å². The molecule has 0 aliphatic rings. The molecule has 0 saturated carbocycles. The van der Waals surface area contributed by atoms with Gasteiger partial charge in [-0.15, -0.1) is 18.0 Å². The fourth-order valence-corrected chi connectivity index (χ4v) is 1.99. The maximum absolute atomic E-state index is 11.8. The van der Waals surface area contributed by atoms with Gasteiger partial charge in [-0.1, -0.05) is 31.0 Å². The summed E-state index contributed by atoms with van der Waals surface area (Å²) in [7, 11) is 0. The van der Waals surface area contributed by atoms with E-state index in [1.807, 2.05) is 25.1 Å². The molecule has 0 aliphatic heterocycles. The average Bonchev–Trinajstić information content (AvgIpc) is 2.35. The van der Waals surface area contributed by atoms with Gasteiger partial charge < -0.3 is 0 Å². The van der Waals surface area contributed by atoms with Crippen LogP contribution in [0.3, 0.4) is 0 Å². The van der Waals surface area contributed by atoms with E-state index < -0.39 is 0 Å². The van der Waals surface area contributed by atoms with Gasteiger partial charge in [-0.3, -0.25) is 9.69 Å². The van der Waals surface area contributed by atoms with Crippen LogP contribution in [0.5, 0.6) is 0 Å². The normalized spacial score (nSPS) is 9.76. The van der Waals surface area contributed by atoms with Crippen LogP contribution >= 0.6 is 11.6 Å². The van der Waals surface area contributed by atoms with E-state index in [1.54, 1.807) is 4.90 Å². The van der Waals surface area contributed by atoms with E-state index in [4.69, 9.17) is 18.0 Å². The second-order valence-corrected chi connectivity index (χ2v) is 4.02. The molecule has 0 N–H and O–H groups in total. The number of terminal acetylenes is 1. The zero-order valence-electron chi connectivity index (χ0n) is 10.2. The Kier molecular flexibility index (Phi) is 5.06. The van der Waals surface area contributed by atoms with Crippen LogP contribution in [0.15, 0.2) is 18.2 Å². The van der Waals surface area contributed by atoms with Gasteiger partial charge in [0.25, 0.3) is 0 Å². The van der Waals surface area contributed by atoms with E-state index in [2.05, 4.69) is 12.8 Å². The molecule has 0 fully saturated rings. The highest BCUT2D eigenvalue weighted by Crippen LogP contribution is 2.25. The first-order chi connectivity index (χ1) is 8.15. The molecule has 0 unspecified atom stereocenters. The number of benzene rings is 1. The monoisotopic (exact) mass is 249 g/mol. The maximum Gasteiger partial charge on any atom is 0.242 e. The third kappa shape index (κ3) is 3.01. The summed E-state index contributed by atoms with van der Waals surface area (Å²) in [6.07, 6.45) is 6.17. The molecule has 0 saturated heterocycles. The third-order valence-corrected chi connectivity index (χ3v) is 2.87. The van der Waals surface area contributed by atoms with Crippen molar-refractivity contribution in [3.63, 3.8) is 0 Å². The summed E-state index contributed by atoms with van der Waals surface area (Å²) >= 11 is 5.62. The van der Waals surface area contributed by atoms with Crippen LogP contribution < -0.4 is 4.90 Å². The van der Waals surface area contributed by atoms with Crippen molar-refractivity contribution in [3.05, 3.63) is 29.3 Å². The molecule has 90 valence electrons. The lowest BCUT2D eigenvalue weighted by atomic mass is 10.0. The van der Waals surface area contributed by atoms with Crippen molar-refractivity contribution in [2.24, 2.45) is 0 Å². The number of para-hydroxylation sites is 1. The zero-order valence-corrected chi connectivity index (χ0v) is 10.9. The number of amides is 1. The van der Waals surface area contributed by atoms with Gasteiger partial charge >= 0.3 is 0 Å². The summed E-state index contributed by atoms with van der Waals surface area (Å²) in [5.74, 6) is 2.29. The number of rotatable bonds is 4. The van der Waals surface area contributed by atoms with Crippen LogP contribution in [0.25, 0.3) is 0 Å². The van der Waals surface area contributed by atoms with Gasteiger partial charge in [0, 0.05) is 0 Å². The van der Waals surface area contributed by atoms with Gasteiger partial charge in [0.1, 0.15) is 5.88 Å². The number of carbonyl (C=O) groups is 1. The third-order valence-electron chi connectivity index (χ3n) is 2.64. The van der Waals surface area contributed by atoms with Crippen LogP contribution in [-0.4, -0.2) is 18.3 Å². The molecule has 0 radical (unpaired) electrons. The first-order valence-corrected chi connectivity index (χ1v) is 6.07. The topological polar surface area (TPSA) is 20.3 Å². The summed E-state index contributed by atoms with van der Waals surface area (Å²) in [5.41, 5.74) is 3.05. The van der Waals surface area contributed by atoms with E-state index in [9.17, 15) is 4.79 Å². The molecule has 0 aliphatic carbocycles. The van der Waals surface area contributed by atoms with Gasteiger partial charge in [0.15, 0.2) is 0 Å². The minimum absolute atomic E-state index is 0.0564. The molecule has 1 rings (SSSR count). The molecule has 0 spiro atoms. The molecule has 2 nitrogen and oxygen atoms in total. The lowest BCUT2D eigenvalue weighted by molar-refractivity contribution is -0.116. The van der Waals surface area contributed by atoms with E-state index in [0.29, 0.717) is 0 Å². The zero-order chi connectivity index (χ0) is 12.8. The van der Waals surface area contributed by atoms with Crippen LogP contribution in [0, 0.1) is 19.3 Å². The highest BCUT2D eigenvalue weighted by molar-refractivity contribution is 6.29. The van der Waals surface area contributed by atoms with Crippen LogP contribution in [0.4, 0.5) is 5.69 Å². The Labute approximate surface area is 108 Å². The fraction of sp³-hybridized carbons (Fsp3) is 0.357. The van der Waals surface area contributed by atoms with E-state index in [-0.39, 0.29) is 18.3 Å². The average molecular weight is 250 g/mol. The Bertz CT molecular complexity index is 448. The van der Waals surface area contributed by atoms with Crippen molar-refractivity contribution in [2.45, 2.75) is 20.3 Å². The van der Waals surface area contributed by atoms with Crippen LogP contribution in [0.2, 0.25) is 0 Å². The molecule has 0 aromatic heterocycles. The molecule has 1 amide bonds. The molecule has 1 aromatic carbocycles. The lowest BCUT2D eigenvalue weighted by Gasteiger charge is -2.24. The Morgan fingerprint density at radius 3 is 2.76 bits per heavy atom. The predicted octanol–water partition coefficient (Wildman–Crippen LogP) is 2.76. The Balaban J connectivity index is 3.27. The van der Waals surface area contributed by atoms with Crippen molar-refractivity contribution in [3.8, 4) is 12.3 Å². The number of anilines is 1. The molecule has 0 heterocycles. The molecule has 0 bridgehead atoms. The molecular formula is C14H16ClNO. The summed E-state index contributed by atoms with van der Waals surface area (Å²) in [5, 5.41) is 0. The minimum atomic E-state index is -0.159. The first-order valence-electron chi connectivity index (χ1n) is 5.54. The first kappa shape index (κ1) is 13.6. The smallest absolute Gasteiger partial charge is 0.242 e. The van der Waals surface area contributed by atoms with Gasteiger partial charge in [-0.25, -0.2) is 0 Å². The van der Waals surface area contributed by atoms with Crippen molar-refractivity contribution >= 4 is 23.2 Å². The maximum atomic E-state index is 11.8. The summed E-state index contributed by atoms with van der Waals surface area (Å²) in [6, 6.07) is 5.96. The second-order valence-electron chi connectivity index (χ2n) is 3.75. The quantitative estimate of drug-likeness (QED) is 0.594. The van der Waals surface area contributed by atoms with Crippen molar-refractivity contribution in [2.75, 3.05) is 17.3 Å². The summed E-state index contributed by atoms with van der Waals surface area (Å²) in [6.45, 7) is 4.28. The molecule has 0 atom stereocenters. The predicted molar refractivity (Wildman–Crippen MR) is 72.5 cm³/mol. The summed E-state index contributed by atoms with van der Waals surface area (Å²) < 4.78 is 0.